The van der Waals surface area contributed by atoms with Gasteiger partial charge in [0.15, 0.2) is 0 Å². The van der Waals surface area contributed by atoms with Gasteiger partial charge < -0.3 is 15.8 Å². The third-order valence-electron chi connectivity index (χ3n) is 4.83. The average Bonchev–Trinajstić information content (AvgIpc) is 2.82. The zero-order valence-corrected chi connectivity index (χ0v) is 18.3. The number of hydrogen-bond acceptors (Lipinski definition) is 6. The first kappa shape index (κ1) is 21.4. The van der Waals surface area contributed by atoms with Crippen LogP contribution in [0.25, 0.3) is 0 Å². The lowest BCUT2D eigenvalue weighted by Crippen LogP contribution is -1.99. The van der Waals surface area contributed by atoms with Gasteiger partial charge in [-0.25, -0.2) is 4.98 Å². The van der Waals surface area contributed by atoms with E-state index in [9.17, 15) is 0 Å². The number of nitrogen functional groups attached to an aromatic ring is 1. The minimum Gasteiger partial charge on any atom is -0.438 e. The van der Waals surface area contributed by atoms with Crippen LogP contribution >= 0.6 is 0 Å². The van der Waals surface area contributed by atoms with Gasteiger partial charge in [0.2, 0.25) is 11.8 Å². The number of nitrogens with zero attached hydrogens (tertiary/aromatic N) is 3. The molecule has 0 amide bonds. The lowest BCUT2D eigenvalue weighted by atomic mass is 10.1. The molecule has 4 aromatic rings. The Labute approximate surface area is 192 Å². The first-order valence-corrected chi connectivity index (χ1v) is 10.3. The Morgan fingerprint density at radius 1 is 0.848 bits per heavy atom. The smallest absolute Gasteiger partial charge is 0.230 e. The molecule has 0 aliphatic heterocycles. The zero-order valence-electron chi connectivity index (χ0n) is 18.3. The van der Waals surface area contributed by atoms with Crippen LogP contribution in [0.2, 0.25) is 0 Å². The fourth-order valence-corrected chi connectivity index (χ4v) is 3.22. The van der Waals surface area contributed by atoms with E-state index < -0.39 is 0 Å². The first-order valence-electron chi connectivity index (χ1n) is 10.3. The van der Waals surface area contributed by atoms with Gasteiger partial charge in [-0.05, 0) is 85.6 Å². The van der Waals surface area contributed by atoms with Gasteiger partial charge in [0.05, 0.1) is 11.6 Å². The van der Waals surface area contributed by atoms with E-state index in [4.69, 9.17) is 15.7 Å². The maximum absolute atomic E-state index is 8.92. The Balaban J connectivity index is 1.51. The highest BCUT2D eigenvalue weighted by Crippen LogP contribution is 2.29. The number of anilines is 3. The van der Waals surface area contributed by atoms with Crippen molar-refractivity contribution in [2.75, 3.05) is 11.1 Å². The van der Waals surface area contributed by atoms with Crippen molar-refractivity contribution >= 4 is 17.3 Å². The second-order valence-electron chi connectivity index (χ2n) is 7.45. The van der Waals surface area contributed by atoms with E-state index >= 15 is 0 Å². The first-order chi connectivity index (χ1) is 16.0. The molecular weight excluding hydrogens is 410 g/mol. The number of nitrogens with two attached hydrogens (primary N) is 1. The van der Waals surface area contributed by atoms with Gasteiger partial charge in [-0.15, -0.1) is 0 Å². The lowest BCUT2D eigenvalue weighted by molar-refractivity contribution is 0.455. The van der Waals surface area contributed by atoms with Gasteiger partial charge >= 0.3 is 0 Å². The van der Waals surface area contributed by atoms with E-state index in [-0.39, 0.29) is 0 Å². The quantitative estimate of drug-likeness (QED) is 0.328. The molecule has 6 heteroatoms. The summed E-state index contributed by atoms with van der Waals surface area (Å²) in [7, 11) is 0. The summed E-state index contributed by atoms with van der Waals surface area (Å²) in [6.07, 6.45) is 1.63. The molecule has 0 aliphatic rings. The van der Waals surface area contributed by atoms with Gasteiger partial charge in [0.25, 0.3) is 0 Å². The Bertz CT molecular complexity index is 1370. The van der Waals surface area contributed by atoms with Crippen molar-refractivity contribution in [3.8, 4) is 29.5 Å². The van der Waals surface area contributed by atoms with Gasteiger partial charge in [-0.2, -0.15) is 10.2 Å². The SMILES string of the molecule is Cc1cc(C#Cc2ccc(N)cc2)cc(C)c1Oc1ccnc(Nc2ccc(C#N)cc2)n1. The molecule has 0 aliphatic carbocycles. The Morgan fingerprint density at radius 2 is 1.48 bits per heavy atom. The highest BCUT2D eigenvalue weighted by molar-refractivity contribution is 5.56. The van der Waals surface area contributed by atoms with Gasteiger partial charge in [0.1, 0.15) is 5.75 Å². The molecule has 0 radical (unpaired) electrons. The number of hydrogen-bond donors (Lipinski definition) is 2. The minimum absolute atomic E-state index is 0.401. The highest BCUT2D eigenvalue weighted by atomic mass is 16.5. The van der Waals surface area contributed by atoms with E-state index in [1.807, 2.05) is 50.2 Å². The molecule has 4 rings (SSSR count). The van der Waals surface area contributed by atoms with Crippen LogP contribution in [0.5, 0.6) is 11.6 Å². The molecule has 33 heavy (non-hydrogen) atoms. The van der Waals surface area contributed by atoms with Gasteiger partial charge in [0, 0.05) is 34.8 Å². The molecule has 0 saturated heterocycles. The summed E-state index contributed by atoms with van der Waals surface area (Å²) in [6, 6.07) is 22.3. The summed E-state index contributed by atoms with van der Waals surface area (Å²) >= 11 is 0. The number of rotatable bonds is 4. The number of ether oxygens (including phenoxy) is 1. The highest BCUT2D eigenvalue weighted by Gasteiger charge is 2.09. The molecule has 0 unspecified atom stereocenters. The molecule has 0 atom stereocenters. The number of nitrogens with one attached hydrogen (secondary N) is 1. The van der Waals surface area contributed by atoms with Crippen LogP contribution in [-0.4, -0.2) is 9.97 Å². The monoisotopic (exact) mass is 431 g/mol. The van der Waals surface area contributed by atoms with Gasteiger partial charge in [-0.3, -0.25) is 0 Å². The van der Waals surface area contributed by atoms with Crippen LogP contribution in [0.15, 0.2) is 72.9 Å². The van der Waals surface area contributed by atoms with Crippen molar-refractivity contribution < 1.29 is 4.74 Å². The predicted molar refractivity (Wildman–Crippen MR) is 129 cm³/mol. The van der Waals surface area contributed by atoms with Crippen LogP contribution < -0.4 is 15.8 Å². The molecule has 1 aromatic heterocycles. The molecule has 160 valence electrons. The molecule has 0 fully saturated rings. The summed E-state index contributed by atoms with van der Waals surface area (Å²) in [6.45, 7) is 3.96. The molecule has 6 nitrogen and oxygen atoms in total. The normalized spacial score (nSPS) is 9.97. The van der Waals surface area contributed by atoms with Crippen molar-refractivity contribution in [3.63, 3.8) is 0 Å². The molecular formula is C27H21N5O. The Morgan fingerprint density at radius 3 is 2.15 bits per heavy atom. The van der Waals surface area contributed by atoms with Crippen LogP contribution in [0.4, 0.5) is 17.3 Å². The molecule has 3 N–H and O–H groups in total. The lowest BCUT2D eigenvalue weighted by Gasteiger charge is -2.12. The van der Waals surface area contributed by atoms with E-state index in [1.165, 1.54) is 0 Å². The second kappa shape index (κ2) is 9.55. The third kappa shape index (κ3) is 5.46. The number of nitriles is 1. The molecule has 0 spiro atoms. The summed E-state index contributed by atoms with van der Waals surface area (Å²) in [4.78, 5) is 8.69. The summed E-state index contributed by atoms with van der Waals surface area (Å²) in [5, 5.41) is 12.0. The average molecular weight is 431 g/mol. The van der Waals surface area contributed by atoms with Crippen molar-refractivity contribution in [3.05, 3.63) is 101 Å². The van der Waals surface area contributed by atoms with Crippen LogP contribution in [0.3, 0.4) is 0 Å². The van der Waals surface area contributed by atoms with E-state index in [0.717, 1.165) is 33.7 Å². The van der Waals surface area contributed by atoms with Crippen molar-refractivity contribution in [2.24, 2.45) is 0 Å². The Kier molecular flexibility index (Phi) is 6.20. The molecule has 3 aromatic carbocycles. The third-order valence-corrected chi connectivity index (χ3v) is 4.83. The Hall–Kier alpha value is -4.81. The summed E-state index contributed by atoms with van der Waals surface area (Å²) in [5.41, 5.74) is 11.5. The summed E-state index contributed by atoms with van der Waals surface area (Å²) < 4.78 is 6.09. The maximum Gasteiger partial charge on any atom is 0.230 e. The van der Waals surface area contributed by atoms with E-state index in [0.29, 0.717) is 23.1 Å². The molecule has 0 saturated carbocycles. The maximum atomic E-state index is 8.92. The fraction of sp³-hybridized carbons (Fsp3) is 0.0741. The predicted octanol–water partition coefficient (Wildman–Crippen LogP) is 5.48. The van der Waals surface area contributed by atoms with Crippen LogP contribution in [-0.2, 0) is 0 Å². The minimum atomic E-state index is 0.401. The zero-order chi connectivity index (χ0) is 23.2. The molecule has 1 heterocycles. The number of aromatic nitrogens is 2. The number of benzene rings is 3. The van der Waals surface area contributed by atoms with Crippen LogP contribution in [0, 0.1) is 37.0 Å². The largest absolute Gasteiger partial charge is 0.438 e. The van der Waals surface area contributed by atoms with E-state index in [1.54, 1.807) is 36.5 Å². The second-order valence-corrected chi connectivity index (χ2v) is 7.45. The van der Waals surface area contributed by atoms with Crippen molar-refractivity contribution in [1.29, 1.82) is 5.26 Å². The van der Waals surface area contributed by atoms with Crippen LogP contribution in [0.1, 0.15) is 27.8 Å². The van der Waals surface area contributed by atoms with Crippen molar-refractivity contribution in [2.45, 2.75) is 13.8 Å². The summed E-state index contributed by atoms with van der Waals surface area (Å²) in [5.74, 6) is 7.91. The van der Waals surface area contributed by atoms with Crippen molar-refractivity contribution in [1.82, 2.24) is 9.97 Å². The topological polar surface area (TPSA) is 96.9 Å². The standard InChI is InChI=1S/C27H21N5O/c1-18-15-22(4-3-20-5-9-23(29)10-6-20)16-19(2)26(18)33-25-13-14-30-27(32-25)31-24-11-7-21(17-28)8-12-24/h5-16H,29H2,1-2H3,(H,30,31,32). The van der Waals surface area contributed by atoms with E-state index in [2.05, 4.69) is 33.2 Å². The number of aryl methyl sites for hydroxylation is 2. The van der Waals surface area contributed by atoms with Gasteiger partial charge in [-0.1, -0.05) is 11.8 Å². The molecule has 0 bridgehead atoms. The fourth-order valence-electron chi connectivity index (χ4n) is 3.22.